The van der Waals surface area contributed by atoms with E-state index in [9.17, 15) is 4.39 Å². The first kappa shape index (κ1) is 9.27. The maximum Gasteiger partial charge on any atom is 0.172 e. The van der Waals surface area contributed by atoms with Crippen LogP contribution in [0.2, 0.25) is 0 Å². The van der Waals surface area contributed by atoms with Gasteiger partial charge in [0, 0.05) is 18.5 Å². The lowest BCUT2D eigenvalue weighted by atomic mass is 10.5. The van der Waals surface area contributed by atoms with Gasteiger partial charge in [-0.3, -0.25) is 4.98 Å². The maximum atomic E-state index is 11.7. The van der Waals surface area contributed by atoms with E-state index in [2.05, 4.69) is 20.4 Å². The average molecular weight is 181 g/mol. The van der Waals surface area contributed by atoms with Crippen LogP contribution in [0.15, 0.2) is 36.0 Å². The Morgan fingerprint density at radius 3 is 3.00 bits per heavy atom. The highest BCUT2D eigenvalue weighted by Crippen LogP contribution is 2.02. The maximum absolute atomic E-state index is 11.7. The first-order chi connectivity index (χ1) is 6.36. The Hall–Kier alpha value is -1.82. The number of nitrogens with zero attached hydrogens (tertiary/aromatic N) is 3. The number of amidine groups is 1. The largest absolute Gasteiger partial charge is 0.308 e. The fourth-order valence-corrected chi connectivity index (χ4v) is 0.650. The van der Waals surface area contributed by atoms with Crippen LogP contribution >= 0.6 is 0 Å². The highest BCUT2D eigenvalue weighted by atomic mass is 19.1. The van der Waals surface area contributed by atoms with Crippen molar-refractivity contribution in [2.24, 2.45) is 10.8 Å². The van der Waals surface area contributed by atoms with E-state index >= 15 is 0 Å². The summed E-state index contributed by atoms with van der Waals surface area (Å²) < 4.78 is 11.7. The third-order valence-corrected chi connectivity index (χ3v) is 1.15. The Kier molecular flexibility index (Phi) is 3.52. The molecular weight excluding hydrogens is 173 g/mol. The molecule has 0 aromatic carbocycles. The summed E-state index contributed by atoms with van der Waals surface area (Å²) in [7, 11) is 0. The number of nitrogens with two attached hydrogens (primary N) is 1. The van der Waals surface area contributed by atoms with E-state index in [0.29, 0.717) is 12.1 Å². The number of aliphatic imine (C=N–C) groups is 1. The van der Waals surface area contributed by atoms with Crippen molar-refractivity contribution in [2.45, 2.75) is 0 Å². The molecule has 0 saturated carbocycles. The first-order valence-corrected chi connectivity index (χ1v) is 3.45. The lowest BCUT2D eigenvalue weighted by Gasteiger charge is -1.97. The summed E-state index contributed by atoms with van der Waals surface area (Å²) in [6.45, 7) is 0. The van der Waals surface area contributed by atoms with Gasteiger partial charge in [-0.15, -0.1) is 0 Å². The predicted octanol–water partition coefficient (Wildman–Crippen LogP) is 0.453. The minimum absolute atomic E-state index is 0.169. The van der Waals surface area contributed by atoms with E-state index in [0.717, 1.165) is 6.08 Å². The molecule has 3 N–H and O–H groups in total. The molecule has 1 rings (SSSR count). The number of rotatable bonds is 2. The van der Waals surface area contributed by atoms with Gasteiger partial charge in [0.2, 0.25) is 0 Å². The van der Waals surface area contributed by atoms with Crippen LogP contribution in [0, 0.1) is 0 Å². The molecule has 0 aliphatic heterocycles. The van der Waals surface area contributed by atoms with Crippen molar-refractivity contribution in [2.75, 3.05) is 0 Å². The van der Waals surface area contributed by atoms with Gasteiger partial charge in [-0.1, -0.05) is 0 Å². The number of hydrazine groups is 1. The van der Waals surface area contributed by atoms with Crippen LogP contribution < -0.4 is 11.3 Å². The number of nitrogens with one attached hydrogen (secondary N) is 1. The smallest absolute Gasteiger partial charge is 0.172 e. The van der Waals surface area contributed by atoms with Crippen molar-refractivity contribution >= 4 is 11.7 Å². The minimum atomic E-state index is 0.169. The Balaban J connectivity index is 2.85. The summed E-state index contributed by atoms with van der Waals surface area (Å²) in [5.41, 5.74) is 2.21. The molecule has 1 heterocycles. The van der Waals surface area contributed by atoms with Gasteiger partial charge in [0.1, 0.15) is 5.84 Å². The second kappa shape index (κ2) is 4.94. The lowest BCUT2D eigenvalue weighted by molar-refractivity contribution is 0.721. The molecule has 68 valence electrons. The molecular formula is C7H8FN5. The monoisotopic (exact) mass is 181 g/mol. The second-order valence-corrected chi connectivity index (χ2v) is 2.00. The molecule has 0 radical (unpaired) electrons. The molecule has 6 heteroatoms. The van der Waals surface area contributed by atoms with Gasteiger partial charge in [-0.05, 0) is 0 Å². The van der Waals surface area contributed by atoms with Crippen LogP contribution in [0.1, 0.15) is 0 Å². The lowest BCUT2D eigenvalue weighted by Crippen LogP contribution is -2.28. The van der Waals surface area contributed by atoms with E-state index in [4.69, 9.17) is 5.84 Å². The van der Waals surface area contributed by atoms with Gasteiger partial charge >= 0.3 is 0 Å². The number of hydrogen-bond acceptors (Lipinski definition) is 4. The van der Waals surface area contributed by atoms with E-state index in [1.807, 2.05) is 0 Å². The van der Waals surface area contributed by atoms with Crippen molar-refractivity contribution in [3.63, 3.8) is 0 Å². The van der Waals surface area contributed by atoms with Crippen molar-refractivity contribution in [1.82, 2.24) is 15.4 Å². The van der Waals surface area contributed by atoms with Crippen LogP contribution in [0.4, 0.5) is 10.2 Å². The standard InChI is InChI=1S/C7H8FN5/c8-2-1-6(13-9)12-7-5-10-3-4-11-7/h1-5H,9H2,(H,11,12,13)/b2-1+. The van der Waals surface area contributed by atoms with Crippen LogP contribution in [-0.2, 0) is 0 Å². The molecule has 1 aromatic rings. The molecule has 1 aromatic heterocycles. The Bertz CT molecular complexity index is 308. The van der Waals surface area contributed by atoms with E-state index in [1.54, 1.807) is 0 Å². The fraction of sp³-hybridized carbons (Fsp3) is 0. The molecule has 0 aliphatic rings. The van der Waals surface area contributed by atoms with E-state index in [1.165, 1.54) is 18.6 Å². The van der Waals surface area contributed by atoms with Crippen molar-refractivity contribution in [1.29, 1.82) is 0 Å². The summed E-state index contributed by atoms with van der Waals surface area (Å²) >= 11 is 0. The average Bonchev–Trinajstić information content (AvgIpc) is 2.19. The number of hydrogen-bond donors (Lipinski definition) is 2. The van der Waals surface area contributed by atoms with Gasteiger partial charge < -0.3 is 5.43 Å². The molecule has 0 fully saturated rings. The van der Waals surface area contributed by atoms with Gasteiger partial charge in [-0.25, -0.2) is 20.2 Å². The molecule has 0 atom stereocenters. The van der Waals surface area contributed by atoms with Crippen molar-refractivity contribution in [3.05, 3.63) is 31.0 Å². The van der Waals surface area contributed by atoms with Gasteiger partial charge in [0.15, 0.2) is 5.82 Å². The van der Waals surface area contributed by atoms with Crippen molar-refractivity contribution in [3.8, 4) is 0 Å². The minimum Gasteiger partial charge on any atom is -0.308 e. The fourth-order valence-electron chi connectivity index (χ4n) is 0.650. The topological polar surface area (TPSA) is 76.2 Å². The van der Waals surface area contributed by atoms with Crippen LogP contribution in [0.3, 0.4) is 0 Å². The summed E-state index contributed by atoms with van der Waals surface area (Å²) in [5.74, 6) is 5.58. The van der Waals surface area contributed by atoms with Gasteiger partial charge in [-0.2, -0.15) is 0 Å². The molecule has 5 nitrogen and oxygen atoms in total. The quantitative estimate of drug-likeness (QED) is 0.300. The first-order valence-electron chi connectivity index (χ1n) is 3.45. The molecule has 0 unspecified atom stereocenters. The zero-order valence-electron chi connectivity index (χ0n) is 6.68. The molecule has 0 saturated heterocycles. The van der Waals surface area contributed by atoms with Gasteiger partial charge in [0.05, 0.1) is 12.5 Å². The third kappa shape index (κ3) is 2.96. The number of aromatic nitrogens is 2. The second-order valence-electron chi connectivity index (χ2n) is 2.00. The zero-order chi connectivity index (χ0) is 9.52. The number of halogens is 1. The summed E-state index contributed by atoms with van der Waals surface area (Å²) in [6.07, 6.45) is 5.83. The van der Waals surface area contributed by atoms with E-state index in [-0.39, 0.29) is 5.84 Å². The zero-order valence-corrected chi connectivity index (χ0v) is 6.68. The molecule has 13 heavy (non-hydrogen) atoms. The highest BCUT2D eigenvalue weighted by Gasteiger charge is 1.92. The molecule has 0 amide bonds. The van der Waals surface area contributed by atoms with Crippen LogP contribution in [0.25, 0.3) is 0 Å². The Morgan fingerprint density at radius 1 is 1.62 bits per heavy atom. The Labute approximate surface area is 74.2 Å². The SMILES string of the molecule is NNC(/C=C/F)=Nc1cnccn1. The molecule has 0 bridgehead atoms. The normalized spacial score (nSPS) is 12.0. The Morgan fingerprint density at radius 2 is 2.46 bits per heavy atom. The van der Waals surface area contributed by atoms with Crippen molar-refractivity contribution < 1.29 is 4.39 Å². The van der Waals surface area contributed by atoms with Crippen LogP contribution in [-0.4, -0.2) is 15.8 Å². The van der Waals surface area contributed by atoms with E-state index < -0.39 is 0 Å². The third-order valence-electron chi connectivity index (χ3n) is 1.15. The highest BCUT2D eigenvalue weighted by molar-refractivity contribution is 5.93. The summed E-state index contributed by atoms with van der Waals surface area (Å²) in [6, 6.07) is 0. The van der Waals surface area contributed by atoms with Crippen LogP contribution in [0.5, 0.6) is 0 Å². The summed E-state index contributed by atoms with van der Waals surface area (Å²) in [4.78, 5) is 11.5. The van der Waals surface area contributed by atoms with Gasteiger partial charge in [0.25, 0.3) is 0 Å². The molecule has 0 aliphatic carbocycles. The summed E-state index contributed by atoms with van der Waals surface area (Å²) in [5, 5.41) is 0. The predicted molar refractivity (Wildman–Crippen MR) is 46.7 cm³/mol. The molecule has 0 spiro atoms.